The molecule has 1 heterocycles. The standard InChI is InChI=1S/C13H22N4O3/c1-13(2,3)20-12(19)14-8-9-7-10(15-17(9)6)11(18)16(4)5/h7H,8H2,1-6H3,(H,14,19). The molecule has 0 bridgehead atoms. The van der Waals surface area contributed by atoms with Crippen molar-refractivity contribution in [2.24, 2.45) is 7.05 Å². The molecular formula is C13H22N4O3. The van der Waals surface area contributed by atoms with Crippen LogP contribution >= 0.6 is 0 Å². The maximum atomic E-state index is 11.8. The van der Waals surface area contributed by atoms with Gasteiger partial charge in [-0.1, -0.05) is 0 Å². The van der Waals surface area contributed by atoms with Gasteiger partial charge in [0.1, 0.15) is 5.60 Å². The van der Waals surface area contributed by atoms with Gasteiger partial charge in [0.2, 0.25) is 0 Å². The summed E-state index contributed by atoms with van der Waals surface area (Å²) in [4.78, 5) is 24.8. The molecule has 0 unspecified atom stereocenters. The number of carbonyl (C=O) groups excluding carboxylic acids is 2. The minimum atomic E-state index is -0.539. The molecule has 7 heteroatoms. The van der Waals surface area contributed by atoms with Crippen LogP contribution in [0.25, 0.3) is 0 Å². The van der Waals surface area contributed by atoms with E-state index in [0.717, 1.165) is 5.69 Å². The van der Waals surface area contributed by atoms with Crippen LogP contribution < -0.4 is 5.32 Å². The van der Waals surface area contributed by atoms with Crippen LogP contribution in [0, 0.1) is 0 Å². The van der Waals surface area contributed by atoms with Gasteiger partial charge in [-0.3, -0.25) is 9.48 Å². The molecule has 0 aliphatic carbocycles. The molecule has 0 aliphatic rings. The first-order chi connectivity index (χ1) is 9.10. The highest BCUT2D eigenvalue weighted by Gasteiger charge is 2.18. The molecule has 0 saturated heterocycles. The predicted octanol–water partition coefficient (Wildman–Crippen LogP) is 1.15. The minimum absolute atomic E-state index is 0.177. The summed E-state index contributed by atoms with van der Waals surface area (Å²) >= 11 is 0. The molecule has 7 nitrogen and oxygen atoms in total. The molecule has 1 N–H and O–H groups in total. The number of amides is 2. The first-order valence-electron chi connectivity index (χ1n) is 6.31. The molecular weight excluding hydrogens is 260 g/mol. The van der Waals surface area contributed by atoms with E-state index in [1.807, 2.05) is 0 Å². The van der Waals surface area contributed by atoms with E-state index in [0.29, 0.717) is 5.69 Å². The second-order valence-corrected chi connectivity index (χ2v) is 5.70. The molecule has 0 atom stereocenters. The van der Waals surface area contributed by atoms with Crippen molar-refractivity contribution >= 4 is 12.0 Å². The van der Waals surface area contributed by atoms with Crippen molar-refractivity contribution in [3.63, 3.8) is 0 Å². The van der Waals surface area contributed by atoms with Crippen LogP contribution in [0.1, 0.15) is 37.0 Å². The number of carbonyl (C=O) groups is 2. The summed E-state index contributed by atoms with van der Waals surface area (Å²) in [6, 6.07) is 1.65. The lowest BCUT2D eigenvalue weighted by Crippen LogP contribution is -2.32. The van der Waals surface area contributed by atoms with Crippen molar-refractivity contribution in [2.45, 2.75) is 32.9 Å². The molecule has 2 amide bonds. The fraction of sp³-hybridized carbons (Fsp3) is 0.615. The van der Waals surface area contributed by atoms with Gasteiger partial charge in [0.15, 0.2) is 5.69 Å². The number of nitrogens with zero attached hydrogens (tertiary/aromatic N) is 3. The Hall–Kier alpha value is -2.05. The van der Waals surface area contributed by atoms with E-state index >= 15 is 0 Å². The van der Waals surface area contributed by atoms with Crippen LogP contribution in [0.3, 0.4) is 0 Å². The van der Waals surface area contributed by atoms with Crippen molar-refractivity contribution in [3.8, 4) is 0 Å². The highest BCUT2D eigenvalue weighted by atomic mass is 16.6. The molecule has 0 aliphatic heterocycles. The van der Waals surface area contributed by atoms with Crippen LogP contribution in [-0.4, -0.2) is 46.4 Å². The number of aryl methyl sites for hydroxylation is 1. The van der Waals surface area contributed by atoms with Gasteiger partial charge in [-0.2, -0.15) is 5.10 Å². The van der Waals surface area contributed by atoms with Crippen molar-refractivity contribution in [3.05, 3.63) is 17.5 Å². The van der Waals surface area contributed by atoms with E-state index in [-0.39, 0.29) is 12.5 Å². The summed E-state index contributed by atoms with van der Waals surface area (Å²) in [6.07, 6.45) is -0.501. The fourth-order valence-electron chi connectivity index (χ4n) is 1.48. The Morgan fingerprint density at radius 2 is 2.00 bits per heavy atom. The van der Waals surface area contributed by atoms with Gasteiger partial charge in [-0.05, 0) is 26.8 Å². The minimum Gasteiger partial charge on any atom is -0.444 e. The quantitative estimate of drug-likeness (QED) is 0.902. The summed E-state index contributed by atoms with van der Waals surface area (Å²) in [5.74, 6) is -0.177. The third-order valence-electron chi connectivity index (χ3n) is 2.41. The summed E-state index contributed by atoms with van der Waals surface area (Å²) in [5.41, 5.74) is 0.530. The Morgan fingerprint density at radius 3 is 2.50 bits per heavy atom. The van der Waals surface area contributed by atoms with Crippen LogP contribution in [0.15, 0.2) is 6.07 Å². The van der Waals surface area contributed by atoms with Gasteiger partial charge < -0.3 is 15.0 Å². The summed E-state index contributed by atoms with van der Waals surface area (Å²) in [7, 11) is 5.05. The second-order valence-electron chi connectivity index (χ2n) is 5.70. The highest BCUT2D eigenvalue weighted by molar-refractivity contribution is 5.92. The molecule has 1 aromatic heterocycles. The zero-order valence-corrected chi connectivity index (χ0v) is 12.9. The van der Waals surface area contributed by atoms with Crippen LogP contribution in [0.5, 0.6) is 0 Å². The lowest BCUT2D eigenvalue weighted by Gasteiger charge is -2.19. The monoisotopic (exact) mass is 282 g/mol. The third kappa shape index (κ3) is 4.56. The Bertz CT molecular complexity index is 500. The number of aromatic nitrogens is 2. The normalized spacial score (nSPS) is 11.1. The second kappa shape index (κ2) is 5.94. The van der Waals surface area contributed by atoms with Gasteiger partial charge in [0.05, 0.1) is 12.2 Å². The summed E-state index contributed by atoms with van der Waals surface area (Å²) in [5, 5.41) is 6.75. The van der Waals surface area contributed by atoms with Crippen LogP contribution in [0.4, 0.5) is 4.79 Å². The molecule has 1 aromatic rings. The van der Waals surface area contributed by atoms with E-state index in [1.165, 1.54) is 4.90 Å². The smallest absolute Gasteiger partial charge is 0.407 e. The Morgan fingerprint density at radius 1 is 1.40 bits per heavy atom. The lowest BCUT2D eigenvalue weighted by atomic mass is 10.2. The topological polar surface area (TPSA) is 76.5 Å². The molecule has 0 aromatic carbocycles. The largest absolute Gasteiger partial charge is 0.444 e. The van der Waals surface area contributed by atoms with Crippen molar-refractivity contribution in [1.29, 1.82) is 0 Å². The van der Waals surface area contributed by atoms with Crippen LogP contribution in [-0.2, 0) is 18.3 Å². The van der Waals surface area contributed by atoms with Gasteiger partial charge in [-0.15, -0.1) is 0 Å². The SMILES string of the molecule is CN(C)C(=O)c1cc(CNC(=O)OC(C)(C)C)n(C)n1. The van der Waals surface area contributed by atoms with E-state index in [2.05, 4.69) is 10.4 Å². The Balaban J connectivity index is 2.66. The zero-order chi connectivity index (χ0) is 15.5. The number of rotatable bonds is 3. The van der Waals surface area contributed by atoms with Gasteiger partial charge in [0.25, 0.3) is 5.91 Å². The van der Waals surface area contributed by atoms with Crippen LogP contribution in [0.2, 0.25) is 0 Å². The molecule has 1 rings (SSSR count). The number of ether oxygens (including phenoxy) is 1. The summed E-state index contributed by atoms with van der Waals surface area (Å²) < 4.78 is 6.70. The molecule has 0 saturated carbocycles. The maximum absolute atomic E-state index is 11.8. The van der Waals surface area contributed by atoms with Gasteiger partial charge >= 0.3 is 6.09 Å². The molecule has 0 radical (unpaired) electrons. The fourth-order valence-corrected chi connectivity index (χ4v) is 1.48. The maximum Gasteiger partial charge on any atom is 0.407 e. The first kappa shape index (κ1) is 16.0. The van der Waals surface area contributed by atoms with E-state index < -0.39 is 11.7 Å². The molecule has 20 heavy (non-hydrogen) atoms. The van der Waals surface area contributed by atoms with Crippen molar-refractivity contribution < 1.29 is 14.3 Å². The van der Waals surface area contributed by atoms with Crippen molar-refractivity contribution in [1.82, 2.24) is 20.0 Å². The Kier molecular flexibility index (Phi) is 4.75. The molecule has 112 valence electrons. The number of hydrogen-bond donors (Lipinski definition) is 1. The average molecular weight is 282 g/mol. The first-order valence-corrected chi connectivity index (χ1v) is 6.31. The van der Waals surface area contributed by atoms with Crippen molar-refractivity contribution in [2.75, 3.05) is 14.1 Å². The number of alkyl carbamates (subject to hydrolysis) is 1. The van der Waals surface area contributed by atoms with E-state index in [1.54, 1.807) is 52.7 Å². The molecule has 0 spiro atoms. The molecule has 0 fully saturated rings. The summed E-state index contributed by atoms with van der Waals surface area (Å²) in [6.45, 7) is 5.64. The zero-order valence-electron chi connectivity index (χ0n) is 12.9. The lowest BCUT2D eigenvalue weighted by molar-refractivity contribution is 0.0522. The highest BCUT2D eigenvalue weighted by Crippen LogP contribution is 2.08. The van der Waals surface area contributed by atoms with E-state index in [9.17, 15) is 9.59 Å². The van der Waals surface area contributed by atoms with E-state index in [4.69, 9.17) is 4.74 Å². The Labute approximate surface area is 118 Å². The third-order valence-corrected chi connectivity index (χ3v) is 2.41. The van der Waals surface area contributed by atoms with Gasteiger partial charge in [-0.25, -0.2) is 4.79 Å². The number of hydrogen-bond acceptors (Lipinski definition) is 4. The number of nitrogens with one attached hydrogen (secondary N) is 1. The van der Waals surface area contributed by atoms with Gasteiger partial charge in [0, 0.05) is 21.1 Å². The average Bonchev–Trinajstić information content (AvgIpc) is 2.64. The predicted molar refractivity (Wildman–Crippen MR) is 74.3 cm³/mol.